The summed E-state index contributed by atoms with van der Waals surface area (Å²) in [5, 5.41) is 0. The minimum Gasteiger partial charge on any atom is -0.408 e. The largest absolute Gasteiger partial charge is 0.419 e. The van der Waals surface area contributed by atoms with Crippen LogP contribution in [0.1, 0.15) is 24.6 Å². The summed E-state index contributed by atoms with van der Waals surface area (Å²) in [6.45, 7) is 0.475. The SMILES string of the molecule is Cn1c(=O)oc2cc(S(=O)(=O)N3CCCC3c3ccc[nH]3)ccc21. The topological polar surface area (TPSA) is 88.3 Å². The number of aryl methyl sites for hydroxylation is 1. The van der Waals surface area contributed by atoms with Crippen molar-refractivity contribution in [3.63, 3.8) is 0 Å². The summed E-state index contributed by atoms with van der Waals surface area (Å²) in [5.74, 6) is -0.509. The highest BCUT2D eigenvalue weighted by Gasteiger charge is 2.36. The maximum atomic E-state index is 13.1. The van der Waals surface area contributed by atoms with Gasteiger partial charge in [-0.15, -0.1) is 0 Å². The van der Waals surface area contributed by atoms with Gasteiger partial charge in [0.1, 0.15) is 0 Å². The van der Waals surface area contributed by atoms with Crippen molar-refractivity contribution in [2.75, 3.05) is 6.54 Å². The van der Waals surface area contributed by atoms with Gasteiger partial charge in [-0.3, -0.25) is 4.57 Å². The molecule has 0 aliphatic carbocycles. The molecule has 1 fully saturated rings. The summed E-state index contributed by atoms with van der Waals surface area (Å²) in [4.78, 5) is 14.8. The molecule has 1 atom stereocenters. The van der Waals surface area contributed by atoms with Crippen molar-refractivity contribution < 1.29 is 12.8 Å². The van der Waals surface area contributed by atoms with Crippen LogP contribution in [0.3, 0.4) is 0 Å². The molecule has 1 saturated heterocycles. The second-order valence-corrected chi connectivity index (χ2v) is 7.85. The standard InChI is InChI=1S/C16H17N3O4S/c1-18-14-7-6-11(10-15(14)23-16(18)20)24(21,22)19-9-3-5-13(19)12-4-2-8-17-12/h2,4,6-8,10,13,17H,3,5,9H2,1H3. The number of hydrogen-bond donors (Lipinski definition) is 1. The number of sulfonamides is 1. The summed E-state index contributed by atoms with van der Waals surface area (Å²) >= 11 is 0. The molecule has 3 heterocycles. The zero-order valence-electron chi connectivity index (χ0n) is 13.1. The zero-order chi connectivity index (χ0) is 16.9. The van der Waals surface area contributed by atoms with Crippen LogP contribution in [0.4, 0.5) is 0 Å². The van der Waals surface area contributed by atoms with Crippen LogP contribution >= 0.6 is 0 Å². The summed E-state index contributed by atoms with van der Waals surface area (Å²) in [7, 11) is -2.08. The van der Waals surface area contributed by atoms with Gasteiger partial charge in [0.2, 0.25) is 10.0 Å². The molecule has 0 radical (unpaired) electrons. The van der Waals surface area contributed by atoms with Crippen LogP contribution in [-0.2, 0) is 17.1 Å². The second kappa shape index (κ2) is 5.35. The van der Waals surface area contributed by atoms with Gasteiger partial charge < -0.3 is 9.40 Å². The molecule has 24 heavy (non-hydrogen) atoms. The lowest BCUT2D eigenvalue weighted by molar-refractivity contribution is 0.391. The number of nitrogens with one attached hydrogen (secondary N) is 1. The van der Waals surface area contributed by atoms with Crippen molar-refractivity contribution in [3.8, 4) is 0 Å². The first-order valence-electron chi connectivity index (χ1n) is 7.73. The Labute approximate surface area is 138 Å². The van der Waals surface area contributed by atoms with Gasteiger partial charge in [0.05, 0.1) is 16.5 Å². The number of benzene rings is 1. The molecule has 8 heteroatoms. The Morgan fingerprint density at radius 3 is 2.88 bits per heavy atom. The molecular formula is C16H17N3O4S. The maximum Gasteiger partial charge on any atom is 0.419 e. The first-order valence-corrected chi connectivity index (χ1v) is 9.17. The number of H-pyrrole nitrogens is 1. The normalized spacial score (nSPS) is 19.3. The average molecular weight is 347 g/mol. The lowest BCUT2D eigenvalue weighted by Crippen LogP contribution is -2.30. The van der Waals surface area contributed by atoms with Crippen LogP contribution < -0.4 is 5.76 Å². The van der Waals surface area contributed by atoms with Crippen molar-refractivity contribution in [3.05, 3.63) is 52.8 Å². The number of oxazole rings is 1. The predicted molar refractivity (Wildman–Crippen MR) is 88.1 cm³/mol. The van der Waals surface area contributed by atoms with E-state index in [1.54, 1.807) is 19.3 Å². The maximum absolute atomic E-state index is 13.1. The van der Waals surface area contributed by atoms with E-state index in [0.29, 0.717) is 12.1 Å². The van der Waals surface area contributed by atoms with Gasteiger partial charge in [-0.25, -0.2) is 13.2 Å². The molecule has 4 rings (SSSR count). The molecule has 2 aromatic heterocycles. The van der Waals surface area contributed by atoms with Crippen LogP contribution in [0, 0.1) is 0 Å². The number of rotatable bonds is 3. The highest BCUT2D eigenvalue weighted by Crippen LogP contribution is 2.36. The number of nitrogens with zero attached hydrogens (tertiary/aromatic N) is 2. The van der Waals surface area contributed by atoms with E-state index in [1.807, 2.05) is 12.1 Å². The molecule has 0 amide bonds. The minimum absolute atomic E-state index is 0.141. The van der Waals surface area contributed by atoms with Crippen LogP contribution in [-0.4, -0.2) is 28.8 Å². The first-order chi connectivity index (χ1) is 11.5. The van der Waals surface area contributed by atoms with E-state index in [4.69, 9.17) is 4.42 Å². The van der Waals surface area contributed by atoms with E-state index >= 15 is 0 Å². The van der Waals surface area contributed by atoms with Crippen LogP contribution in [0.25, 0.3) is 11.1 Å². The van der Waals surface area contributed by atoms with Crippen molar-refractivity contribution in [2.45, 2.75) is 23.8 Å². The van der Waals surface area contributed by atoms with Gasteiger partial charge in [-0.05, 0) is 37.1 Å². The quantitative estimate of drug-likeness (QED) is 0.785. The lowest BCUT2D eigenvalue weighted by Gasteiger charge is -2.23. The second-order valence-electron chi connectivity index (χ2n) is 5.96. The van der Waals surface area contributed by atoms with Crippen molar-refractivity contribution in [1.29, 1.82) is 0 Å². The molecule has 1 unspecified atom stereocenters. The summed E-state index contributed by atoms with van der Waals surface area (Å²) in [5.41, 5.74) is 1.74. The average Bonchev–Trinajstić information content (AvgIpc) is 3.28. The fraction of sp³-hybridized carbons (Fsp3) is 0.312. The van der Waals surface area contributed by atoms with Crippen LogP contribution in [0.5, 0.6) is 0 Å². The molecule has 126 valence electrons. The van der Waals surface area contributed by atoms with Crippen molar-refractivity contribution in [2.24, 2.45) is 7.05 Å². The summed E-state index contributed by atoms with van der Waals surface area (Å²) in [6.07, 6.45) is 3.39. The third kappa shape index (κ3) is 2.22. The number of aromatic nitrogens is 2. The van der Waals surface area contributed by atoms with Crippen molar-refractivity contribution >= 4 is 21.1 Å². The number of fused-ring (bicyclic) bond motifs is 1. The van der Waals surface area contributed by atoms with Gasteiger partial charge in [-0.1, -0.05) is 0 Å². The molecule has 0 bridgehead atoms. The molecule has 0 spiro atoms. The third-order valence-corrected chi connectivity index (χ3v) is 6.46. The van der Waals surface area contributed by atoms with Gasteiger partial charge >= 0.3 is 5.76 Å². The Balaban J connectivity index is 1.78. The number of aromatic amines is 1. The van der Waals surface area contributed by atoms with Gasteiger partial charge in [-0.2, -0.15) is 4.31 Å². The Bertz CT molecular complexity index is 1050. The fourth-order valence-electron chi connectivity index (χ4n) is 3.30. The minimum atomic E-state index is -3.67. The zero-order valence-corrected chi connectivity index (χ0v) is 13.9. The Morgan fingerprint density at radius 2 is 2.12 bits per heavy atom. The van der Waals surface area contributed by atoms with E-state index in [-0.39, 0.29) is 16.5 Å². The van der Waals surface area contributed by atoms with E-state index in [9.17, 15) is 13.2 Å². The molecule has 1 aliphatic rings. The Morgan fingerprint density at radius 1 is 1.29 bits per heavy atom. The van der Waals surface area contributed by atoms with Crippen molar-refractivity contribution in [1.82, 2.24) is 13.9 Å². The smallest absolute Gasteiger partial charge is 0.408 e. The van der Waals surface area contributed by atoms with E-state index < -0.39 is 15.8 Å². The van der Waals surface area contributed by atoms with E-state index in [2.05, 4.69) is 4.98 Å². The van der Waals surface area contributed by atoms with Crippen LogP contribution in [0.15, 0.2) is 50.6 Å². The monoisotopic (exact) mass is 347 g/mol. The molecule has 1 aliphatic heterocycles. The Kier molecular flexibility index (Phi) is 3.40. The highest BCUT2D eigenvalue weighted by molar-refractivity contribution is 7.89. The molecule has 1 aromatic carbocycles. The fourth-order valence-corrected chi connectivity index (χ4v) is 4.99. The first kappa shape index (κ1) is 15.2. The van der Waals surface area contributed by atoms with E-state index in [0.717, 1.165) is 18.5 Å². The third-order valence-electron chi connectivity index (χ3n) is 4.56. The highest BCUT2D eigenvalue weighted by atomic mass is 32.2. The Hall–Kier alpha value is -2.32. The number of hydrogen-bond acceptors (Lipinski definition) is 4. The molecule has 3 aromatic rings. The summed E-state index contributed by atoms with van der Waals surface area (Å²) < 4.78 is 34.1. The predicted octanol–water partition coefficient (Wildman–Crippen LogP) is 1.99. The molecule has 7 nitrogen and oxygen atoms in total. The van der Waals surface area contributed by atoms with Gasteiger partial charge in [0.15, 0.2) is 5.58 Å². The van der Waals surface area contributed by atoms with Gasteiger partial charge in [0, 0.05) is 31.5 Å². The van der Waals surface area contributed by atoms with Gasteiger partial charge in [0.25, 0.3) is 0 Å². The van der Waals surface area contributed by atoms with E-state index in [1.165, 1.54) is 21.0 Å². The summed E-state index contributed by atoms with van der Waals surface area (Å²) in [6, 6.07) is 8.13. The molecule has 1 N–H and O–H groups in total. The molecular weight excluding hydrogens is 330 g/mol. The lowest BCUT2D eigenvalue weighted by atomic mass is 10.2. The molecule has 0 saturated carbocycles. The van der Waals surface area contributed by atoms with Crippen LogP contribution in [0.2, 0.25) is 0 Å².